The lowest BCUT2D eigenvalue weighted by Crippen LogP contribution is -2.52. The van der Waals surface area contributed by atoms with E-state index in [0.29, 0.717) is 5.69 Å². The first-order chi connectivity index (χ1) is 15.8. The van der Waals surface area contributed by atoms with E-state index in [9.17, 15) is 18.0 Å². The summed E-state index contributed by atoms with van der Waals surface area (Å²) in [5.74, 6) is -0.717. The number of nitrogens with zero attached hydrogens (tertiary/aromatic N) is 2. The Balaban J connectivity index is 2.42. The standard InChI is InChI=1S/C26H37N3O4S/c1-8-21(5)27-26(31)22(6)28(16-23-11-9-10-18(2)13-23)25(30)17-29(34(7,32)33)24-14-19(3)12-20(4)15-24/h9-15,21-22H,8,16-17H2,1-7H3,(H,27,31). The number of anilines is 1. The zero-order valence-electron chi connectivity index (χ0n) is 21.3. The SMILES string of the molecule is CCC(C)NC(=O)C(C)N(Cc1cccc(C)c1)C(=O)CN(c1cc(C)cc(C)c1)S(C)(=O)=O. The van der Waals surface area contributed by atoms with Gasteiger partial charge in [-0.2, -0.15) is 0 Å². The van der Waals surface area contributed by atoms with Crippen molar-refractivity contribution in [1.29, 1.82) is 0 Å². The molecular formula is C26H37N3O4S. The van der Waals surface area contributed by atoms with Gasteiger partial charge >= 0.3 is 0 Å². The van der Waals surface area contributed by atoms with Gasteiger partial charge in [-0.1, -0.05) is 42.8 Å². The number of rotatable bonds is 10. The minimum Gasteiger partial charge on any atom is -0.352 e. The summed E-state index contributed by atoms with van der Waals surface area (Å²) in [5, 5.41) is 2.93. The van der Waals surface area contributed by atoms with Crippen LogP contribution in [0, 0.1) is 20.8 Å². The first-order valence-corrected chi connectivity index (χ1v) is 13.4. The highest BCUT2D eigenvalue weighted by atomic mass is 32.2. The number of carbonyl (C=O) groups is 2. The quantitative estimate of drug-likeness (QED) is 0.554. The summed E-state index contributed by atoms with van der Waals surface area (Å²) in [7, 11) is -3.74. The van der Waals surface area contributed by atoms with Crippen LogP contribution in [0.3, 0.4) is 0 Å². The summed E-state index contributed by atoms with van der Waals surface area (Å²) in [4.78, 5) is 27.9. The minimum atomic E-state index is -3.74. The topological polar surface area (TPSA) is 86.8 Å². The highest BCUT2D eigenvalue weighted by molar-refractivity contribution is 7.92. The number of aryl methyl sites for hydroxylation is 3. The van der Waals surface area contributed by atoms with E-state index in [2.05, 4.69) is 5.32 Å². The van der Waals surface area contributed by atoms with Gasteiger partial charge in [-0.3, -0.25) is 13.9 Å². The van der Waals surface area contributed by atoms with Gasteiger partial charge in [0.05, 0.1) is 11.9 Å². The van der Waals surface area contributed by atoms with Gasteiger partial charge in [0.15, 0.2) is 0 Å². The van der Waals surface area contributed by atoms with Crippen molar-refractivity contribution in [3.63, 3.8) is 0 Å². The average molecular weight is 488 g/mol. The summed E-state index contributed by atoms with van der Waals surface area (Å²) >= 11 is 0. The molecule has 0 heterocycles. The Morgan fingerprint density at radius 3 is 2.12 bits per heavy atom. The molecule has 2 unspecified atom stereocenters. The van der Waals surface area contributed by atoms with Crippen molar-refractivity contribution in [3.8, 4) is 0 Å². The third-order valence-corrected chi connectivity index (χ3v) is 6.92. The number of amides is 2. The number of nitrogens with one attached hydrogen (secondary N) is 1. The van der Waals surface area contributed by atoms with Crippen molar-refractivity contribution in [1.82, 2.24) is 10.2 Å². The molecule has 7 nitrogen and oxygen atoms in total. The van der Waals surface area contributed by atoms with E-state index in [1.807, 2.05) is 65.0 Å². The Labute approximate surface area is 204 Å². The Morgan fingerprint density at radius 2 is 1.59 bits per heavy atom. The van der Waals surface area contributed by atoms with Crippen molar-refractivity contribution >= 4 is 27.5 Å². The van der Waals surface area contributed by atoms with E-state index in [1.165, 1.54) is 4.90 Å². The predicted molar refractivity (Wildman–Crippen MR) is 137 cm³/mol. The van der Waals surface area contributed by atoms with Gasteiger partial charge in [0.1, 0.15) is 12.6 Å². The summed E-state index contributed by atoms with van der Waals surface area (Å²) in [6.07, 6.45) is 1.85. The first kappa shape index (κ1) is 27.4. The molecule has 0 bridgehead atoms. The number of carbonyl (C=O) groups excluding carboxylic acids is 2. The zero-order valence-corrected chi connectivity index (χ0v) is 22.1. The van der Waals surface area contributed by atoms with Gasteiger partial charge in [-0.15, -0.1) is 0 Å². The fraction of sp³-hybridized carbons (Fsp3) is 0.462. The fourth-order valence-electron chi connectivity index (χ4n) is 3.76. The predicted octanol–water partition coefficient (Wildman–Crippen LogP) is 3.71. The highest BCUT2D eigenvalue weighted by Gasteiger charge is 2.30. The molecule has 0 aliphatic heterocycles. The van der Waals surface area contributed by atoms with Crippen LogP contribution in [0.5, 0.6) is 0 Å². The van der Waals surface area contributed by atoms with Gasteiger partial charge in [0, 0.05) is 12.6 Å². The molecule has 0 fully saturated rings. The van der Waals surface area contributed by atoms with Crippen LogP contribution >= 0.6 is 0 Å². The van der Waals surface area contributed by atoms with Gasteiger partial charge in [-0.25, -0.2) is 8.42 Å². The van der Waals surface area contributed by atoms with E-state index in [1.54, 1.807) is 19.1 Å². The van der Waals surface area contributed by atoms with Gasteiger partial charge in [0.2, 0.25) is 21.8 Å². The summed E-state index contributed by atoms with van der Waals surface area (Å²) in [6.45, 7) is 11.1. The maximum atomic E-state index is 13.6. The third kappa shape index (κ3) is 7.58. The van der Waals surface area contributed by atoms with Crippen molar-refractivity contribution in [2.24, 2.45) is 0 Å². The van der Waals surface area contributed by atoms with E-state index in [0.717, 1.165) is 39.2 Å². The summed E-state index contributed by atoms with van der Waals surface area (Å²) in [5.41, 5.74) is 4.13. The Bertz CT molecular complexity index is 1110. The first-order valence-electron chi connectivity index (χ1n) is 11.5. The number of hydrogen-bond acceptors (Lipinski definition) is 4. The normalized spacial score (nSPS) is 13.1. The van der Waals surface area contributed by atoms with E-state index in [4.69, 9.17) is 0 Å². The molecule has 0 aromatic heterocycles. The van der Waals surface area contributed by atoms with Crippen LogP contribution in [0.4, 0.5) is 5.69 Å². The lowest BCUT2D eigenvalue weighted by atomic mass is 10.1. The smallest absolute Gasteiger partial charge is 0.244 e. The molecule has 0 radical (unpaired) electrons. The van der Waals surface area contributed by atoms with E-state index >= 15 is 0 Å². The molecule has 0 spiro atoms. The molecule has 2 rings (SSSR count). The fourth-order valence-corrected chi connectivity index (χ4v) is 4.60. The summed E-state index contributed by atoms with van der Waals surface area (Å²) < 4.78 is 26.5. The molecular weight excluding hydrogens is 450 g/mol. The van der Waals surface area contributed by atoms with Crippen molar-refractivity contribution in [2.45, 2.75) is 66.6 Å². The molecule has 0 saturated heterocycles. The molecule has 2 aromatic carbocycles. The molecule has 0 saturated carbocycles. The lowest BCUT2D eigenvalue weighted by molar-refractivity contribution is -0.139. The monoisotopic (exact) mass is 487 g/mol. The molecule has 0 aliphatic carbocycles. The van der Waals surface area contributed by atoms with Crippen molar-refractivity contribution in [3.05, 3.63) is 64.7 Å². The molecule has 2 atom stereocenters. The lowest BCUT2D eigenvalue weighted by Gasteiger charge is -2.32. The van der Waals surface area contributed by atoms with Crippen LogP contribution in [0.2, 0.25) is 0 Å². The Morgan fingerprint density at radius 1 is 0.971 bits per heavy atom. The van der Waals surface area contributed by atoms with Gasteiger partial charge < -0.3 is 10.2 Å². The minimum absolute atomic E-state index is 0.0336. The summed E-state index contributed by atoms with van der Waals surface area (Å²) in [6, 6.07) is 12.3. The second kappa shape index (κ2) is 11.5. The van der Waals surface area contributed by atoms with E-state index < -0.39 is 28.5 Å². The number of benzene rings is 2. The van der Waals surface area contributed by atoms with Crippen LogP contribution in [0.15, 0.2) is 42.5 Å². The molecule has 0 aliphatic rings. The molecule has 2 amide bonds. The molecule has 1 N–H and O–H groups in total. The van der Waals surface area contributed by atoms with Crippen LogP contribution in [0.1, 0.15) is 49.4 Å². The zero-order chi connectivity index (χ0) is 25.6. The molecule has 2 aromatic rings. The second-order valence-corrected chi connectivity index (χ2v) is 11.0. The van der Waals surface area contributed by atoms with Crippen LogP contribution in [0.25, 0.3) is 0 Å². The second-order valence-electron chi connectivity index (χ2n) is 9.12. The van der Waals surface area contributed by atoms with E-state index in [-0.39, 0.29) is 18.5 Å². The Kier molecular flexibility index (Phi) is 9.27. The maximum Gasteiger partial charge on any atom is 0.244 e. The van der Waals surface area contributed by atoms with Crippen molar-refractivity contribution in [2.75, 3.05) is 17.1 Å². The van der Waals surface area contributed by atoms with Gasteiger partial charge in [-0.05, 0) is 69.9 Å². The van der Waals surface area contributed by atoms with Crippen LogP contribution in [-0.4, -0.2) is 50.0 Å². The van der Waals surface area contributed by atoms with Crippen LogP contribution < -0.4 is 9.62 Å². The Hall–Kier alpha value is -2.87. The molecule has 186 valence electrons. The highest BCUT2D eigenvalue weighted by Crippen LogP contribution is 2.22. The molecule has 8 heteroatoms. The van der Waals surface area contributed by atoms with Crippen LogP contribution in [-0.2, 0) is 26.2 Å². The largest absolute Gasteiger partial charge is 0.352 e. The number of sulfonamides is 1. The third-order valence-electron chi connectivity index (χ3n) is 5.78. The van der Waals surface area contributed by atoms with Gasteiger partial charge in [0.25, 0.3) is 0 Å². The van der Waals surface area contributed by atoms with Crippen molar-refractivity contribution < 1.29 is 18.0 Å². The number of hydrogen-bond donors (Lipinski definition) is 1. The average Bonchev–Trinajstić information content (AvgIpc) is 2.73. The maximum absolute atomic E-state index is 13.6. The molecule has 34 heavy (non-hydrogen) atoms.